The molecule has 0 saturated carbocycles. The first kappa shape index (κ1) is 12.2. The van der Waals surface area contributed by atoms with E-state index in [2.05, 4.69) is 31.7 Å². The van der Waals surface area contributed by atoms with Crippen molar-refractivity contribution in [2.24, 2.45) is 5.92 Å². The first-order valence-corrected chi connectivity index (χ1v) is 5.86. The van der Waals surface area contributed by atoms with Gasteiger partial charge in [-0.2, -0.15) is 12.6 Å². The molecular formula is C13H18OS. The highest BCUT2D eigenvalue weighted by Gasteiger charge is 2.03. The van der Waals surface area contributed by atoms with E-state index in [9.17, 15) is 0 Å². The Morgan fingerprint density at radius 2 is 2.13 bits per heavy atom. The van der Waals surface area contributed by atoms with Gasteiger partial charge in [0.15, 0.2) is 0 Å². The number of allylic oxidation sites excluding steroid dienone is 1. The van der Waals surface area contributed by atoms with Crippen molar-refractivity contribution in [1.29, 1.82) is 0 Å². The van der Waals surface area contributed by atoms with Crippen LogP contribution in [0.15, 0.2) is 30.3 Å². The smallest absolute Gasteiger partial charge is 0.126 e. The van der Waals surface area contributed by atoms with E-state index in [1.54, 1.807) is 0 Å². The molecule has 82 valence electrons. The SMILES string of the molecule is CC=Cc1ccccc1OCC(C)CS. The molecule has 1 aromatic rings. The number of ether oxygens (including phenoxy) is 1. The minimum atomic E-state index is 0.479. The Morgan fingerprint density at radius 1 is 1.40 bits per heavy atom. The molecule has 0 saturated heterocycles. The molecule has 1 atom stereocenters. The zero-order chi connectivity index (χ0) is 11.1. The van der Waals surface area contributed by atoms with Crippen molar-refractivity contribution in [2.45, 2.75) is 13.8 Å². The van der Waals surface area contributed by atoms with Crippen molar-refractivity contribution in [3.63, 3.8) is 0 Å². The van der Waals surface area contributed by atoms with Gasteiger partial charge in [0, 0.05) is 5.56 Å². The minimum Gasteiger partial charge on any atom is -0.493 e. The maximum Gasteiger partial charge on any atom is 0.126 e. The van der Waals surface area contributed by atoms with E-state index in [0.717, 1.165) is 23.7 Å². The molecule has 0 bridgehead atoms. The summed E-state index contributed by atoms with van der Waals surface area (Å²) in [6.07, 6.45) is 4.07. The van der Waals surface area contributed by atoms with Crippen LogP contribution in [0.1, 0.15) is 19.4 Å². The van der Waals surface area contributed by atoms with Crippen molar-refractivity contribution < 1.29 is 4.74 Å². The second-order valence-corrected chi connectivity index (χ2v) is 4.00. The third-order valence-corrected chi connectivity index (χ3v) is 2.72. The molecule has 1 unspecified atom stereocenters. The van der Waals surface area contributed by atoms with Crippen molar-refractivity contribution >= 4 is 18.7 Å². The van der Waals surface area contributed by atoms with Gasteiger partial charge in [0.1, 0.15) is 5.75 Å². The molecule has 0 fully saturated rings. The van der Waals surface area contributed by atoms with Gasteiger partial charge in [0.25, 0.3) is 0 Å². The highest BCUT2D eigenvalue weighted by molar-refractivity contribution is 7.80. The van der Waals surface area contributed by atoms with Gasteiger partial charge in [-0.05, 0) is 24.7 Å². The molecule has 0 amide bonds. The number of benzene rings is 1. The summed E-state index contributed by atoms with van der Waals surface area (Å²) in [5.41, 5.74) is 1.13. The fraction of sp³-hybridized carbons (Fsp3) is 0.385. The fourth-order valence-electron chi connectivity index (χ4n) is 1.21. The third-order valence-electron chi connectivity index (χ3n) is 2.10. The lowest BCUT2D eigenvalue weighted by Gasteiger charge is -2.12. The van der Waals surface area contributed by atoms with E-state index < -0.39 is 0 Å². The van der Waals surface area contributed by atoms with Gasteiger partial charge in [0.05, 0.1) is 6.61 Å². The first-order chi connectivity index (χ1) is 7.27. The Morgan fingerprint density at radius 3 is 2.80 bits per heavy atom. The first-order valence-electron chi connectivity index (χ1n) is 5.23. The van der Waals surface area contributed by atoms with Gasteiger partial charge in [-0.1, -0.05) is 37.3 Å². The summed E-state index contributed by atoms with van der Waals surface area (Å²) in [7, 11) is 0. The lowest BCUT2D eigenvalue weighted by Crippen LogP contribution is -2.10. The Balaban J connectivity index is 2.67. The summed E-state index contributed by atoms with van der Waals surface area (Å²) in [6, 6.07) is 8.07. The summed E-state index contributed by atoms with van der Waals surface area (Å²) >= 11 is 4.24. The Kier molecular flexibility index (Phi) is 5.33. The van der Waals surface area contributed by atoms with Crippen LogP contribution in [0.2, 0.25) is 0 Å². The van der Waals surface area contributed by atoms with Gasteiger partial charge >= 0.3 is 0 Å². The molecule has 1 rings (SSSR count). The van der Waals surface area contributed by atoms with Gasteiger partial charge < -0.3 is 4.74 Å². The summed E-state index contributed by atoms with van der Waals surface area (Å²) in [6.45, 7) is 4.86. The molecule has 0 aliphatic carbocycles. The number of para-hydroxylation sites is 1. The quantitative estimate of drug-likeness (QED) is 0.748. The van der Waals surface area contributed by atoms with Crippen molar-refractivity contribution in [3.8, 4) is 5.75 Å². The van der Waals surface area contributed by atoms with Crippen LogP contribution in [0, 0.1) is 5.92 Å². The van der Waals surface area contributed by atoms with Crippen LogP contribution in [0.25, 0.3) is 6.08 Å². The monoisotopic (exact) mass is 222 g/mol. The fourth-order valence-corrected chi connectivity index (χ4v) is 1.32. The number of hydrogen-bond acceptors (Lipinski definition) is 2. The van der Waals surface area contributed by atoms with E-state index >= 15 is 0 Å². The second kappa shape index (κ2) is 6.57. The van der Waals surface area contributed by atoms with Crippen LogP contribution >= 0.6 is 12.6 Å². The van der Waals surface area contributed by atoms with E-state index in [0.29, 0.717) is 5.92 Å². The predicted octanol–water partition coefficient (Wildman–Crippen LogP) is 3.66. The minimum absolute atomic E-state index is 0.479. The lowest BCUT2D eigenvalue weighted by atomic mass is 10.2. The molecule has 1 nitrogen and oxygen atoms in total. The summed E-state index contributed by atoms with van der Waals surface area (Å²) < 4.78 is 5.74. The lowest BCUT2D eigenvalue weighted by molar-refractivity contribution is 0.273. The zero-order valence-corrected chi connectivity index (χ0v) is 10.2. The number of thiol groups is 1. The van der Waals surface area contributed by atoms with E-state index in [-0.39, 0.29) is 0 Å². The maximum atomic E-state index is 5.74. The zero-order valence-electron chi connectivity index (χ0n) is 9.31. The Bertz CT molecular complexity index is 320. The van der Waals surface area contributed by atoms with Crippen LogP contribution in [0.5, 0.6) is 5.75 Å². The van der Waals surface area contributed by atoms with Crippen LogP contribution in [0.4, 0.5) is 0 Å². The van der Waals surface area contributed by atoms with Crippen LogP contribution < -0.4 is 4.74 Å². The summed E-state index contributed by atoms with van der Waals surface area (Å²) in [5, 5.41) is 0. The largest absolute Gasteiger partial charge is 0.493 e. The van der Waals surface area contributed by atoms with Crippen molar-refractivity contribution in [1.82, 2.24) is 0 Å². The Hall–Kier alpha value is -0.890. The molecule has 0 heterocycles. The molecule has 0 aromatic heterocycles. The van der Waals surface area contributed by atoms with Gasteiger partial charge in [-0.25, -0.2) is 0 Å². The summed E-state index contributed by atoms with van der Waals surface area (Å²) in [5.74, 6) is 2.28. The van der Waals surface area contributed by atoms with Gasteiger partial charge in [0.2, 0.25) is 0 Å². The summed E-state index contributed by atoms with van der Waals surface area (Å²) in [4.78, 5) is 0. The van der Waals surface area contributed by atoms with Crippen molar-refractivity contribution in [3.05, 3.63) is 35.9 Å². The molecule has 15 heavy (non-hydrogen) atoms. The van der Waals surface area contributed by atoms with E-state index in [4.69, 9.17) is 4.74 Å². The van der Waals surface area contributed by atoms with E-state index in [1.165, 1.54) is 0 Å². The predicted molar refractivity (Wildman–Crippen MR) is 69.7 cm³/mol. The third kappa shape index (κ3) is 4.00. The number of hydrogen-bond donors (Lipinski definition) is 1. The molecule has 0 N–H and O–H groups in total. The molecule has 0 aliphatic rings. The molecule has 0 radical (unpaired) electrons. The van der Waals surface area contributed by atoms with E-state index in [1.807, 2.05) is 31.2 Å². The van der Waals surface area contributed by atoms with Crippen molar-refractivity contribution in [2.75, 3.05) is 12.4 Å². The molecule has 1 aromatic carbocycles. The van der Waals surface area contributed by atoms with Crippen LogP contribution in [-0.4, -0.2) is 12.4 Å². The Labute approximate surface area is 97.6 Å². The van der Waals surface area contributed by atoms with Crippen LogP contribution in [0.3, 0.4) is 0 Å². The molecule has 0 aliphatic heterocycles. The second-order valence-electron chi connectivity index (χ2n) is 3.64. The molecule has 0 spiro atoms. The van der Waals surface area contributed by atoms with Crippen LogP contribution in [-0.2, 0) is 0 Å². The maximum absolute atomic E-state index is 5.74. The average Bonchev–Trinajstić information content (AvgIpc) is 2.28. The normalized spacial score (nSPS) is 13.0. The highest BCUT2D eigenvalue weighted by atomic mass is 32.1. The molecule has 2 heteroatoms. The standard InChI is InChI=1S/C13H18OS/c1-3-6-12-7-4-5-8-13(12)14-9-11(2)10-15/h3-8,11,15H,9-10H2,1-2H3. The number of rotatable bonds is 5. The topological polar surface area (TPSA) is 9.23 Å². The average molecular weight is 222 g/mol. The molecular weight excluding hydrogens is 204 g/mol. The van der Waals surface area contributed by atoms with Gasteiger partial charge in [-0.15, -0.1) is 0 Å². The highest BCUT2D eigenvalue weighted by Crippen LogP contribution is 2.20. The van der Waals surface area contributed by atoms with Gasteiger partial charge in [-0.3, -0.25) is 0 Å².